The summed E-state index contributed by atoms with van der Waals surface area (Å²) in [7, 11) is 0. The second-order valence-electron chi connectivity index (χ2n) is 2.19. The minimum atomic E-state index is 0.0608. The highest BCUT2D eigenvalue weighted by molar-refractivity contribution is 6.28. The molecule has 0 aliphatic carbocycles. The van der Waals surface area contributed by atoms with Crippen LogP contribution in [-0.2, 0) is 0 Å². The van der Waals surface area contributed by atoms with Crippen LogP contribution in [0.4, 0.5) is 0 Å². The fourth-order valence-corrected chi connectivity index (χ4v) is 0.888. The van der Waals surface area contributed by atoms with Gasteiger partial charge in [-0.05, 0) is 23.7 Å². The van der Waals surface area contributed by atoms with Gasteiger partial charge in [-0.15, -0.1) is 0 Å². The molecule has 0 spiro atoms. The third-order valence-corrected chi connectivity index (χ3v) is 1.40. The molecule has 2 heterocycles. The van der Waals surface area contributed by atoms with Gasteiger partial charge in [0.25, 0.3) is 11.2 Å². The lowest BCUT2D eigenvalue weighted by Crippen LogP contribution is -1.74. The summed E-state index contributed by atoms with van der Waals surface area (Å²) < 4.78 is 9.56. The molecule has 0 radical (unpaired) electrons. The van der Waals surface area contributed by atoms with Gasteiger partial charge in [-0.2, -0.15) is 4.98 Å². The highest BCUT2D eigenvalue weighted by atomic mass is 35.5. The van der Waals surface area contributed by atoms with Gasteiger partial charge >= 0.3 is 0 Å². The first-order valence-electron chi connectivity index (χ1n) is 3.18. The molecule has 2 aromatic heterocycles. The lowest BCUT2D eigenvalue weighted by Gasteiger charge is -1.77. The van der Waals surface area contributed by atoms with Crippen molar-refractivity contribution < 1.29 is 9.05 Å². The SMILES string of the molecule is Cc1cc(-c2nc(Cl)no2)no1. The van der Waals surface area contributed by atoms with Crippen molar-refractivity contribution >= 4 is 11.6 Å². The van der Waals surface area contributed by atoms with Crippen molar-refractivity contribution in [2.45, 2.75) is 6.92 Å². The molecule has 0 saturated carbocycles. The van der Waals surface area contributed by atoms with Crippen molar-refractivity contribution in [3.63, 3.8) is 0 Å². The van der Waals surface area contributed by atoms with E-state index in [1.807, 2.05) is 0 Å². The smallest absolute Gasteiger partial charge is 0.281 e. The Hall–Kier alpha value is -1.36. The lowest BCUT2D eigenvalue weighted by molar-refractivity contribution is 0.390. The maximum Gasteiger partial charge on any atom is 0.281 e. The van der Waals surface area contributed by atoms with E-state index in [-0.39, 0.29) is 11.2 Å². The molecule has 5 nitrogen and oxygen atoms in total. The first-order valence-corrected chi connectivity index (χ1v) is 3.56. The highest BCUT2D eigenvalue weighted by Gasteiger charge is 2.10. The van der Waals surface area contributed by atoms with Crippen molar-refractivity contribution in [2.24, 2.45) is 0 Å². The Morgan fingerprint density at radius 3 is 2.67 bits per heavy atom. The molecule has 0 bridgehead atoms. The summed E-state index contributed by atoms with van der Waals surface area (Å²) in [6.45, 7) is 1.77. The van der Waals surface area contributed by atoms with E-state index in [0.717, 1.165) is 0 Å². The highest BCUT2D eigenvalue weighted by Crippen LogP contribution is 2.17. The van der Waals surface area contributed by atoms with Crippen molar-refractivity contribution in [1.82, 2.24) is 15.3 Å². The standard InChI is InChI=1S/C6H4ClN3O2/c1-3-2-4(9-11-3)5-8-6(7)10-12-5/h2H,1H3. The summed E-state index contributed by atoms with van der Waals surface area (Å²) in [5, 5.41) is 7.13. The molecule has 0 amide bonds. The molecule has 0 unspecified atom stereocenters. The first-order chi connectivity index (χ1) is 5.75. The van der Waals surface area contributed by atoms with Crippen LogP contribution in [0.5, 0.6) is 0 Å². The maximum atomic E-state index is 5.44. The molecule has 2 rings (SSSR count). The predicted molar refractivity (Wildman–Crippen MR) is 39.5 cm³/mol. The van der Waals surface area contributed by atoms with Crippen LogP contribution in [0.15, 0.2) is 15.1 Å². The average molecular weight is 186 g/mol. The maximum absolute atomic E-state index is 5.44. The second-order valence-corrected chi connectivity index (χ2v) is 2.53. The van der Waals surface area contributed by atoms with Crippen LogP contribution >= 0.6 is 11.6 Å². The van der Waals surface area contributed by atoms with E-state index < -0.39 is 0 Å². The van der Waals surface area contributed by atoms with E-state index in [1.165, 1.54) is 0 Å². The summed E-state index contributed by atoms with van der Waals surface area (Å²) in [5.74, 6) is 0.941. The van der Waals surface area contributed by atoms with Gasteiger partial charge in [-0.3, -0.25) is 0 Å². The molecule has 0 fully saturated rings. The average Bonchev–Trinajstić information content (AvgIpc) is 2.58. The number of aromatic nitrogens is 3. The summed E-state index contributed by atoms with van der Waals surface area (Å²) in [6.07, 6.45) is 0. The molecule has 0 saturated heterocycles. The van der Waals surface area contributed by atoms with Crippen molar-refractivity contribution in [3.8, 4) is 11.6 Å². The molecular weight excluding hydrogens is 182 g/mol. The van der Waals surface area contributed by atoms with Crippen molar-refractivity contribution in [3.05, 3.63) is 17.1 Å². The Labute approximate surface area is 72.3 Å². The van der Waals surface area contributed by atoms with Crippen LogP contribution in [-0.4, -0.2) is 15.3 Å². The van der Waals surface area contributed by atoms with Crippen molar-refractivity contribution in [2.75, 3.05) is 0 Å². The van der Waals surface area contributed by atoms with Crippen LogP contribution in [0.2, 0.25) is 5.28 Å². The number of hydrogen-bond donors (Lipinski definition) is 0. The number of nitrogens with zero attached hydrogens (tertiary/aromatic N) is 3. The van der Waals surface area contributed by atoms with E-state index >= 15 is 0 Å². The Morgan fingerprint density at radius 2 is 2.17 bits per heavy atom. The monoisotopic (exact) mass is 185 g/mol. The fraction of sp³-hybridized carbons (Fsp3) is 0.167. The molecule has 12 heavy (non-hydrogen) atoms. The third kappa shape index (κ3) is 1.18. The number of aryl methyl sites for hydroxylation is 1. The zero-order valence-electron chi connectivity index (χ0n) is 6.11. The second kappa shape index (κ2) is 2.60. The topological polar surface area (TPSA) is 65.0 Å². The van der Waals surface area contributed by atoms with Gasteiger partial charge in [0, 0.05) is 6.07 Å². The number of rotatable bonds is 1. The fourth-order valence-electron chi connectivity index (χ4n) is 0.777. The van der Waals surface area contributed by atoms with Gasteiger partial charge in [-0.1, -0.05) is 5.16 Å². The summed E-state index contributed by atoms with van der Waals surface area (Å²) in [6, 6.07) is 1.68. The molecule has 0 N–H and O–H groups in total. The quantitative estimate of drug-likeness (QED) is 0.676. The molecule has 2 aromatic rings. The molecule has 0 atom stereocenters. The van der Waals surface area contributed by atoms with Gasteiger partial charge in [0.15, 0.2) is 5.69 Å². The Bertz CT molecular complexity index is 357. The van der Waals surface area contributed by atoms with Gasteiger partial charge in [0.2, 0.25) is 0 Å². The molecule has 0 aliphatic heterocycles. The van der Waals surface area contributed by atoms with E-state index in [1.54, 1.807) is 13.0 Å². The zero-order valence-corrected chi connectivity index (χ0v) is 6.87. The summed E-state index contributed by atoms with van der Waals surface area (Å²) >= 11 is 5.44. The Kier molecular flexibility index (Phi) is 1.58. The lowest BCUT2D eigenvalue weighted by atomic mass is 10.4. The van der Waals surface area contributed by atoms with Gasteiger partial charge in [0.05, 0.1) is 0 Å². The van der Waals surface area contributed by atoms with E-state index in [2.05, 4.69) is 15.3 Å². The van der Waals surface area contributed by atoms with Crippen molar-refractivity contribution in [1.29, 1.82) is 0 Å². The van der Waals surface area contributed by atoms with E-state index in [9.17, 15) is 0 Å². The molecular formula is C6H4ClN3O2. The van der Waals surface area contributed by atoms with Crippen LogP contribution in [0.1, 0.15) is 5.76 Å². The van der Waals surface area contributed by atoms with Crippen LogP contribution in [0, 0.1) is 6.92 Å². The van der Waals surface area contributed by atoms with Gasteiger partial charge < -0.3 is 9.05 Å². The van der Waals surface area contributed by atoms with Crippen LogP contribution in [0.25, 0.3) is 11.6 Å². The van der Waals surface area contributed by atoms with Crippen LogP contribution in [0.3, 0.4) is 0 Å². The summed E-state index contributed by atoms with van der Waals surface area (Å²) in [4.78, 5) is 3.76. The first kappa shape index (κ1) is 7.30. The molecule has 0 aliphatic rings. The van der Waals surface area contributed by atoms with E-state index in [0.29, 0.717) is 11.5 Å². The summed E-state index contributed by atoms with van der Waals surface area (Å²) in [5.41, 5.74) is 0.493. The largest absolute Gasteiger partial charge is 0.361 e. The minimum Gasteiger partial charge on any atom is -0.361 e. The normalized spacial score (nSPS) is 10.5. The number of hydrogen-bond acceptors (Lipinski definition) is 5. The van der Waals surface area contributed by atoms with Gasteiger partial charge in [0.1, 0.15) is 5.76 Å². The predicted octanol–water partition coefficient (Wildman–Crippen LogP) is 1.69. The van der Waals surface area contributed by atoms with E-state index in [4.69, 9.17) is 20.6 Å². The Balaban J connectivity index is 2.43. The number of halogens is 1. The van der Waals surface area contributed by atoms with Crippen LogP contribution < -0.4 is 0 Å². The molecule has 0 aromatic carbocycles. The third-order valence-electron chi connectivity index (χ3n) is 1.25. The Morgan fingerprint density at radius 1 is 1.33 bits per heavy atom. The van der Waals surface area contributed by atoms with Gasteiger partial charge in [-0.25, -0.2) is 0 Å². The minimum absolute atomic E-state index is 0.0608. The molecule has 62 valence electrons. The zero-order chi connectivity index (χ0) is 8.55. The molecule has 6 heteroatoms.